The molecule has 0 saturated carbocycles. The summed E-state index contributed by atoms with van der Waals surface area (Å²) in [5, 5.41) is 0. The van der Waals surface area contributed by atoms with E-state index in [9.17, 15) is 0 Å². The molecule has 2 nitrogen and oxygen atoms in total. The molecule has 0 unspecified atom stereocenters. The quantitative estimate of drug-likeness (QED) is 0.348. The number of amidine groups is 1. The number of nitrogens with two attached hydrogens (primary N) is 1. The van der Waals surface area contributed by atoms with Gasteiger partial charge in [0.1, 0.15) is 0 Å². The van der Waals surface area contributed by atoms with Gasteiger partial charge >= 0.3 is 61.8 Å². The number of hydrogen-bond acceptors (Lipinski definition) is 1. The molecule has 0 aliphatic heterocycles. The van der Waals surface area contributed by atoms with Crippen LogP contribution in [0, 0.1) is 0 Å². The molecule has 0 amide bonds. The SMILES string of the molecule is NC([Se])=NC1C=CC=C1. The summed E-state index contributed by atoms with van der Waals surface area (Å²) >= 11 is 2.63. The molecule has 0 aromatic rings. The van der Waals surface area contributed by atoms with Gasteiger partial charge in [0.05, 0.1) is 0 Å². The van der Waals surface area contributed by atoms with Crippen molar-refractivity contribution in [3.05, 3.63) is 24.3 Å². The van der Waals surface area contributed by atoms with Crippen molar-refractivity contribution >= 4 is 20.7 Å². The summed E-state index contributed by atoms with van der Waals surface area (Å²) in [6.07, 6.45) is 7.86. The Hall–Kier alpha value is -0.531. The Morgan fingerprint density at radius 1 is 1.44 bits per heavy atom. The molecule has 1 aliphatic rings. The fraction of sp³-hybridized carbons (Fsp3) is 0.167. The van der Waals surface area contributed by atoms with Gasteiger partial charge in [-0.05, 0) is 0 Å². The van der Waals surface area contributed by atoms with Crippen LogP contribution in [0.3, 0.4) is 0 Å². The van der Waals surface area contributed by atoms with E-state index in [2.05, 4.69) is 21.0 Å². The zero-order chi connectivity index (χ0) is 6.69. The van der Waals surface area contributed by atoms with Crippen LogP contribution < -0.4 is 5.73 Å². The Morgan fingerprint density at radius 2 is 2.00 bits per heavy atom. The van der Waals surface area contributed by atoms with Crippen molar-refractivity contribution in [2.75, 3.05) is 0 Å². The molecule has 1 radical (unpaired) electrons. The van der Waals surface area contributed by atoms with Gasteiger partial charge in [0.25, 0.3) is 0 Å². The van der Waals surface area contributed by atoms with Crippen LogP contribution in [0.15, 0.2) is 29.3 Å². The average Bonchev–Trinajstić information content (AvgIpc) is 2.15. The minimum absolute atomic E-state index is 0.159. The number of hydrogen-bond donors (Lipinski definition) is 1. The van der Waals surface area contributed by atoms with E-state index in [0.717, 1.165) is 0 Å². The van der Waals surface area contributed by atoms with Gasteiger partial charge in [-0.1, -0.05) is 0 Å². The number of allylic oxidation sites excluding steroid dienone is 2. The first-order valence-corrected chi connectivity index (χ1v) is 3.50. The molecule has 0 fully saturated rings. The Labute approximate surface area is 62.3 Å². The van der Waals surface area contributed by atoms with Gasteiger partial charge in [0.15, 0.2) is 0 Å². The Kier molecular flexibility index (Phi) is 2.09. The summed E-state index contributed by atoms with van der Waals surface area (Å²) in [6.45, 7) is 0. The van der Waals surface area contributed by atoms with Crippen molar-refractivity contribution in [3.8, 4) is 0 Å². The molecule has 0 aromatic heterocycles. The molecular weight excluding hydrogens is 179 g/mol. The number of aliphatic imine (C=N–C) groups is 1. The third-order valence-corrected chi connectivity index (χ3v) is 1.23. The van der Waals surface area contributed by atoms with E-state index in [1.54, 1.807) is 0 Å². The normalized spacial score (nSPS) is 19.3. The van der Waals surface area contributed by atoms with E-state index in [1.165, 1.54) is 0 Å². The molecule has 0 bridgehead atoms. The zero-order valence-corrected chi connectivity index (χ0v) is 6.53. The predicted molar refractivity (Wildman–Crippen MR) is 39.4 cm³/mol. The first-order chi connectivity index (χ1) is 4.29. The predicted octanol–water partition coefficient (Wildman–Crippen LogP) is -0.0358. The van der Waals surface area contributed by atoms with Gasteiger partial charge in [0, 0.05) is 0 Å². The van der Waals surface area contributed by atoms with Crippen molar-refractivity contribution in [1.82, 2.24) is 0 Å². The van der Waals surface area contributed by atoms with Crippen LogP contribution in [-0.4, -0.2) is 26.8 Å². The Bertz CT molecular complexity index is 165. The van der Waals surface area contributed by atoms with Crippen molar-refractivity contribution < 1.29 is 0 Å². The zero-order valence-electron chi connectivity index (χ0n) is 4.82. The summed E-state index contributed by atoms with van der Waals surface area (Å²) in [5.74, 6) is 0. The second-order valence-corrected chi connectivity index (χ2v) is 2.61. The summed E-state index contributed by atoms with van der Waals surface area (Å²) in [5.41, 5.74) is 5.30. The summed E-state index contributed by atoms with van der Waals surface area (Å²) < 4.78 is 0.510. The van der Waals surface area contributed by atoms with Gasteiger partial charge in [-0.2, -0.15) is 0 Å². The molecular formula is C6H7N2Se. The second-order valence-electron chi connectivity index (χ2n) is 1.73. The number of rotatable bonds is 1. The van der Waals surface area contributed by atoms with E-state index in [4.69, 9.17) is 5.73 Å². The number of nitrogens with zero attached hydrogens (tertiary/aromatic N) is 1. The topological polar surface area (TPSA) is 38.4 Å². The van der Waals surface area contributed by atoms with Crippen LogP contribution >= 0.6 is 0 Å². The van der Waals surface area contributed by atoms with Crippen LogP contribution in [0.25, 0.3) is 0 Å². The van der Waals surface area contributed by atoms with Gasteiger partial charge in [0.2, 0.25) is 0 Å². The first kappa shape index (κ1) is 6.59. The summed E-state index contributed by atoms with van der Waals surface area (Å²) in [4.78, 5) is 4.04. The monoisotopic (exact) mass is 187 g/mol. The first-order valence-electron chi connectivity index (χ1n) is 2.64. The molecule has 1 aliphatic carbocycles. The van der Waals surface area contributed by atoms with E-state index >= 15 is 0 Å². The second kappa shape index (κ2) is 2.85. The van der Waals surface area contributed by atoms with E-state index in [0.29, 0.717) is 4.73 Å². The minimum atomic E-state index is 0.159. The molecule has 0 spiro atoms. The van der Waals surface area contributed by atoms with E-state index in [1.807, 2.05) is 24.3 Å². The summed E-state index contributed by atoms with van der Waals surface area (Å²) in [7, 11) is 0. The molecule has 3 heteroatoms. The maximum atomic E-state index is 5.30. The van der Waals surface area contributed by atoms with Crippen LogP contribution in [0.2, 0.25) is 0 Å². The van der Waals surface area contributed by atoms with Crippen LogP contribution in [0.1, 0.15) is 0 Å². The van der Waals surface area contributed by atoms with E-state index < -0.39 is 0 Å². The van der Waals surface area contributed by atoms with Crippen LogP contribution in [-0.2, 0) is 0 Å². The third-order valence-electron chi connectivity index (χ3n) is 1.00. The molecule has 0 aromatic carbocycles. The van der Waals surface area contributed by atoms with Crippen molar-refractivity contribution in [2.45, 2.75) is 6.04 Å². The summed E-state index contributed by atoms with van der Waals surface area (Å²) in [6, 6.07) is 0.159. The standard InChI is InChI=1S/C6H7N2Se/c7-6(9)8-5-3-1-2-4-5/h1-5H,(H2,7,8). The maximum absolute atomic E-state index is 5.30. The molecule has 47 valence electrons. The Morgan fingerprint density at radius 3 is 2.44 bits per heavy atom. The van der Waals surface area contributed by atoms with Gasteiger partial charge in [-0.15, -0.1) is 0 Å². The third kappa shape index (κ3) is 2.04. The van der Waals surface area contributed by atoms with Crippen molar-refractivity contribution in [2.24, 2.45) is 10.7 Å². The molecule has 2 N–H and O–H groups in total. The van der Waals surface area contributed by atoms with Crippen LogP contribution in [0.4, 0.5) is 0 Å². The van der Waals surface area contributed by atoms with Gasteiger partial charge in [-0.25, -0.2) is 0 Å². The molecule has 0 heterocycles. The molecule has 0 saturated heterocycles. The van der Waals surface area contributed by atoms with Crippen LogP contribution in [0.5, 0.6) is 0 Å². The van der Waals surface area contributed by atoms with Gasteiger partial charge in [-0.3, -0.25) is 0 Å². The molecule has 9 heavy (non-hydrogen) atoms. The molecule has 1 rings (SSSR count). The fourth-order valence-corrected chi connectivity index (χ4v) is 0.908. The van der Waals surface area contributed by atoms with Crippen molar-refractivity contribution in [1.29, 1.82) is 0 Å². The van der Waals surface area contributed by atoms with Gasteiger partial charge < -0.3 is 0 Å². The molecule has 0 atom stereocenters. The van der Waals surface area contributed by atoms with Crippen molar-refractivity contribution in [3.63, 3.8) is 0 Å². The van der Waals surface area contributed by atoms with E-state index in [-0.39, 0.29) is 6.04 Å². The fourth-order valence-electron chi connectivity index (χ4n) is 0.653. The Balaban J connectivity index is 2.56. The average molecular weight is 186 g/mol.